The number of allylic oxidation sites excluding steroid dienone is 19. The first-order valence-electron chi connectivity index (χ1n) is 35.8. The van der Waals surface area contributed by atoms with Crippen molar-refractivity contribution in [2.45, 2.75) is 290 Å². The van der Waals surface area contributed by atoms with E-state index in [9.17, 15) is 43.2 Å². The Bertz CT molecular complexity index is 2270. The quantitative estimate of drug-likeness (QED) is 0.0169. The molecule has 0 bridgehead atoms. The summed E-state index contributed by atoms with van der Waals surface area (Å²) in [6.07, 6.45) is 71.0. The monoisotopic (exact) mass is 1360 g/mol. The fourth-order valence-electron chi connectivity index (χ4n) is 9.04. The van der Waals surface area contributed by atoms with E-state index in [2.05, 4.69) is 119 Å². The van der Waals surface area contributed by atoms with Gasteiger partial charge in [-0.25, -0.2) is 9.13 Å². The van der Waals surface area contributed by atoms with Crippen molar-refractivity contribution in [3.8, 4) is 0 Å². The number of unbranched alkanes of at least 4 members (excludes halogenated alkanes) is 21. The van der Waals surface area contributed by atoms with Gasteiger partial charge in [-0.1, -0.05) is 252 Å². The summed E-state index contributed by atoms with van der Waals surface area (Å²) < 4.78 is 68.1. The second-order valence-electron chi connectivity index (χ2n) is 23.4. The number of aliphatic hydroxyl groups is 1. The summed E-state index contributed by atoms with van der Waals surface area (Å²) in [6, 6.07) is 0. The van der Waals surface area contributed by atoms with E-state index >= 15 is 0 Å². The fourth-order valence-corrected chi connectivity index (χ4v) is 10.6. The molecular weight excluding hydrogens is 1230 g/mol. The number of ether oxygens (including phenoxy) is 4. The third-order valence-electron chi connectivity index (χ3n) is 14.5. The summed E-state index contributed by atoms with van der Waals surface area (Å²) in [5, 5.41) is 10.6. The zero-order chi connectivity index (χ0) is 69.0. The molecule has 538 valence electrons. The van der Waals surface area contributed by atoms with Crippen molar-refractivity contribution in [3.63, 3.8) is 0 Å². The lowest BCUT2D eigenvalue weighted by Crippen LogP contribution is -2.30. The first-order valence-corrected chi connectivity index (χ1v) is 38.8. The number of carbonyl (C=O) groups excluding carboxylic acids is 4. The standard InChI is InChI=1S/C75H126O17P2/c1-5-9-13-17-21-25-29-32-34-37-41-44-48-52-56-60-73(78)86-66-71(92-75(80)62-58-54-50-46-42-38-35-33-30-26-22-18-14-10-6-2)68-90-94(83,84)88-64-69(76)63-87-93(81,82)89-67-70(91-74(79)61-57-53-49-45-39-28-24-20-16-12-8-4)65-85-72(77)59-55-51-47-43-40-36-31-27-23-19-15-11-7-3/h9-10,13-14,21-22,25-27,31-35,41-42,44,46,52,56,69-71,76H,5-8,11-12,15-20,23-24,28-30,36-40,43,45,47-51,53-55,57-68H2,1-4H3,(H,81,82)(H,83,84)/b13-9-,14-10-,25-21-,26-22-,31-27-,34-32-,35-33-,44-41-,46-42-,56-52-. The van der Waals surface area contributed by atoms with Gasteiger partial charge in [-0.15, -0.1) is 0 Å². The number of hydrogen-bond donors (Lipinski definition) is 3. The van der Waals surface area contributed by atoms with Crippen LogP contribution in [0.2, 0.25) is 0 Å². The minimum absolute atomic E-state index is 0.0207. The summed E-state index contributed by atoms with van der Waals surface area (Å²) in [4.78, 5) is 72.5. The van der Waals surface area contributed by atoms with Gasteiger partial charge < -0.3 is 33.8 Å². The maximum Gasteiger partial charge on any atom is 0.472 e. The molecule has 94 heavy (non-hydrogen) atoms. The van der Waals surface area contributed by atoms with Crippen molar-refractivity contribution in [2.75, 3.05) is 39.6 Å². The molecule has 0 saturated heterocycles. The van der Waals surface area contributed by atoms with Crippen molar-refractivity contribution in [3.05, 3.63) is 122 Å². The Labute approximate surface area is 568 Å². The number of esters is 4. The minimum Gasteiger partial charge on any atom is -0.462 e. The van der Waals surface area contributed by atoms with Crippen LogP contribution >= 0.6 is 15.6 Å². The third-order valence-corrected chi connectivity index (χ3v) is 16.4. The summed E-state index contributed by atoms with van der Waals surface area (Å²) in [6.45, 7) is 4.42. The van der Waals surface area contributed by atoms with E-state index in [-0.39, 0.29) is 25.7 Å². The number of carbonyl (C=O) groups is 4. The van der Waals surface area contributed by atoms with Gasteiger partial charge in [0.05, 0.1) is 32.8 Å². The lowest BCUT2D eigenvalue weighted by atomic mass is 10.1. The van der Waals surface area contributed by atoms with Crippen LogP contribution in [0.1, 0.15) is 272 Å². The van der Waals surface area contributed by atoms with Crippen molar-refractivity contribution < 1.29 is 80.2 Å². The van der Waals surface area contributed by atoms with E-state index in [1.807, 2.05) is 24.3 Å². The molecule has 0 aromatic carbocycles. The largest absolute Gasteiger partial charge is 0.472 e. The molecule has 0 saturated carbocycles. The molecule has 0 heterocycles. The Balaban J connectivity index is 5.44. The van der Waals surface area contributed by atoms with Crippen LogP contribution in [-0.4, -0.2) is 96.7 Å². The molecule has 0 aromatic heterocycles. The van der Waals surface area contributed by atoms with Crippen LogP contribution < -0.4 is 0 Å². The highest BCUT2D eigenvalue weighted by Crippen LogP contribution is 2.45. The van der Waals surface area contributed by atoms with Crippen LogP contribution in [0.15, 0.2) is 122 Å². The molecule has 0 fully saturated rings. The van der Waals surface area contributed by atoms with Crippen LogP contribution in [0.25, 0.3) is 0 Å². The van der Waals surface area contributed by atoms with Crippen molar-refractivity contribution >= 4 is 39.5 Å². The normalized spacial score (nSPS) is 14.8. The van der Waals surface area contributed by atoms with Crippen LogP contribution in [-0.2, 0) is 65.4 Å². The highest BCUT2D eigenvalue weighted by molar-refractivity contribution is 7.47. The smallest absolute Gasteiger partial charge is 0.462 e. The van der Waals surface area contributed by atoms with E-state index < -0.39 is 97.5 Å². The molecule has 5 unspecified atom stereocenters. The molecule has 0 radical (unpaired) electrons. The van der Waals surface area contributed by atoms with Gasteiger partial charge in [0.2, 0.25) is 0 Å². The minimum atomic E-state index is -5.00. The molecule has 0 aromatic rings. The zero-order valence-corrected chi connectivity index (χ0v) is 60.1. The zero-order valence-electron chi connectivity index (χ0n) is 58.3. The molecule has 0 aliphatic rings. The lowest BCUT2D eigenvalue weighted by molar-refractivity contribution is -0.161. The Morgan fingerprint density at radius 2 is 0.596 bits per heavy atom. The van der Waals surface area contributed by atoms with Gasteiger partial charge in [-0.3, -0.25) is 37.3 Å². The maximum atomic E-state index is 13.0. The average molecular weight is 1360 g/mol. The number of rotatable bonds is 66. The molecule has 0 rings (SSSR count). The van der Waals surface area contributed by atoms with Crippen LogP contribution in [0.5, 0.6) is 0 Å². The molecule has 5 atom stereocenters. The van der Waals surface area contributed by atoms with Crippen molar-refractivity contribution in [1.29, 1.82) is 0 Å². The Hall–Kier alpha value is -4.54. The third kappa shape index (κ3) is 66.1. The highest BCUT2D eigenvalue weighted by atomic mass is 31.2. The molecule has 3 N–H and O–H groups in total. The Morgan fingerprint density at radius 3 is 0.989 bits per heavy atom. The van der Waals surface area contributed by atoms with E-state index in [0.29, 0.717) is 32.1 Å². The Morgan fingerprint density at radius 1 is 0.319 bits per heavy atom. The Kier molecular flexibility index (Phi) is 63.8. The number of hydrogen-bond acceptors (Lipinski definition) is 15. The van der Waals surface area contributed by atoms with Gasteiger partial charge >= 0.3 is 39.5 Å². The first-order chi connectivity index (χ1) is 45.7. The second kappa shape index (κ2) is 67.0. The van der Waals surface area contributed by atoms with E-state index in [4.69, 9.17) is 37.0 Å². The first kappa shape index (κ1) is 89.5. The van der Waals surface area contributed by atoms with Crippen molar-refractivity contribution in [2.24, 2.45) is 0 Å². The van der Waals surface area contributed by atoms with Gasteiger partial charge in [-0.2, -0.15) is 0 Å². The summed E-state index contributed by atoms with van der Waals surface area (Å²) in [5.74, 6) is -2.38. The van der Waals surface area contributed by atoms with Gasteiger partial charge in [0.1, 0.15) is 19.3 Å². The molecule has 0 aliphatic carbocycles. The fraction of sp³-hybridized carbons (Fsp3) is 0.680. The second-order valence-corrected chi connectivity index (χ2v) is 26.3. The van der Waals surface area contributed by atoms with E-state index in [1.165, 1.54) is 64.2 Å². The van der Waals surface area contributed by atoms with Gasteiger partial charge in [0, 0.05) is 19.3 Å². The molecule has 0 aliphatic heterocycles. The maximum absolute atomic E-state index is 13.0. The van der Waals surface area contributed by atoms with E-state index in [0.717, 1.165) is 122 Å². The average Bonchev–Trinajstić information content (AvgIpc) is 1.36. The lowest BCUT2D eigenvalue weighted by Gasteiger charge is -2.21. The molecule has 17 nitrogen and oxygen atoms in total. The van der Waals surface area contributed by atoms with Gasteiger partial charge in [0.25, 0.3) is 0 Å². The van der Waals surface area contributed by atoms with Gasteiger partial charge in [0.15, 0.2) is 12.2 Å². The van der Waals surface area contributed by atoms with Crippen LogP contribution in [0.3, 0.4) is 0 Å². The molecule has 19 heteroatoms. The SMILES string of the molecule is CC/C=C\C/C=C\C/C=C\C/C=C\C/C=C\CC(=O)OCC(COP(=O)(O)OCC(O)COP(=O)(O)OCC(COC(=O)CCCCCCC/C=C\CCCCCC)OC(=O)CCCCCCCCCCCCC)OC(=O)CCCC/C=C\C/C=C\C/C=C\C/C=C\CC. The van der Waals surface area contributed by atoms with Crippen molar-refractivity contribution in [1.82, 2.24) is 0 Å². The summed E-state index contributed by atoms with van der Waals surface area (Å²) in [5.41, 5.74) is 0. The molecule has 0 amide bonds. The predicted octanol–water partition coefficient (Wildman–Crippen LogP) is 20.0. The topological polar surface area (TPSA) is 237 Å². The summed E-state index contributed by atoms with van der Waals surface area (Å²) in [7, 11) is -9.98. The number of phosphoric ester groups is 2. The predicted molar refractivity (Wildman–Crippen MR) is 381 cm³/mol. The molecule has 0 spiro atoms. The highest BCUT2D eigenvalue weighted by Gasteiger charge is 2.30. The summed E-state index contributed by atoms with van der Waals surface area (Å²) >= 11 is 0. The number of phosphoric acid groups is 2. The van der Waals surface area contributed by atoms with E-state index in [1.54, 1.807) is 6.08 Å². The van der Waals surface area contributed by atoms with Gasteiger partial charge in [-0.05, 0) is 116 Å². The molecular formula is C75H126O17P2. The van der Waals surface area contributed by atoms with Crippen LogP contribution in [0.4, 0.5) is 0 Å². The number of aliphatic hydroxyl groups excluding tert-OH is 1. The van der Waals surface area contributed by atoms with Crippen LogP contribution in [0, 0.1) is 0 Å².